The van der Waals surface area contributed by atoms with Gasteiger partial charge in [-0.3, -0.25) is 4.90 Å². The number of para-hydroxylation sites is 2. The van der Waals surface area contributed by atoms with Crippen molar-refractivity contribution in [1.29, 1.82) is 0 Å². The van der Waals surface area contributed by atoms with Crippen molar-refractivity contribution in [2.75, 3.05) is 22.9 Å². The average molecular weight is 437 g/mol. The van der Waals surface area contributed by atoms with Gasteiger partial charge in [0.2, 0.25) is 0 Å². The molecule has 0 bridgehead atoms. The lowest BCUT2D eigenvalue weighted by Gasteiger charge is -2.37. The van der Waals surface area contributed by atoms with Crippen molar-refractivity contribution in [2.45, 2.75) is 65.3 Å². The Morgan fingerprint density at radius 2 is 1.62 bits per heavy atom. The Labute approximate surface area is 190 Å². The van der Waals surface area contributed by atoms with Crippen LogP contribution in [0.25, 0.3) is 0 Å². The summed E-state index contributed by atoms with van der Waals surface area (Å²) in [6.07, 6.45) is 1.47. The summed E-state index contributed by atoms with van der Waals surface area (Å²) in [7, 11) is -0.446. The van der Waals surface area contributed by atoms with Crippen molar-refractivity contribution in [1.82, 2.24) is 4.98 Å². The molecular formula is C24H32BN3O4. The van der Waals surface area contributed by atoms with Crippen molar-refractivity contribution in [3.05, 3.63) is 42.6 Å². The lowest BCUT2D eigenvalue weighted by atomic mass is 9.80. The fourth-order valence-corrected chi connectivity index (χ4v) is 3.78. The quantitative estimate of drug-likeness (QED) is 0.654. The van der Waals surface area contributed by atoms with E-state index in [2.05, 4.69) is 4.90 Å². The van der Waals surface area contributed by atoms with Crippen LogP contribution in [-0.4, -0.2) is 48.1 Å². The number of pyridine rings is 1. The summed E-state index contributed by atoms with van der Waals surface area (Å²) in [5.41, 5.74) is 1.27. The molecule has 4 rings (SSSR count). The van der Waals surface area contributed by atoms with Crippen LogP contribution < -0.4 is 15.3 Å². The summed E-state index contributed by atoms with van der Waals surface area (Å²) < 4.78 is 17.9. The summed E-state index contributed by atoms with van der Waals surface area (Å²) in [6.45, 7) is 14.9. The number of rotatable bonds is 2. The van der Waals surface area contributed by atoms with Crippen LogP contribution in [0.2, 0.25) is 0 Å². The van der Waals surface area contributed by atoms with Crippen LogP contribution in [0.3, 0.4) is 0 Å². The predicted molar refractivity (Wildman–Crippen MR) is 127 cm³/mol. The molecule has 2 aromatic rings. The van der Waals surface area contributed by atoms with E-state index in [4.69, 9.17) is 19.0 Å². The maximum absolute atomic E-state index is 12.8. The van der Waals surface area contributed by atoms with Crippen LogP contribution in [0.4, 0.5) is 22.0 Å². The van der Waals surface area contributed by atoms with Gasteiger partial charge in [0.15, 0.2) is 0 Å². The average Bonchev–Trinajstić information content (AvgIpc) is 2.93. The van der Waals surface area contributed by atoms with Crippen LogP contribution in [-0.2, 0) is 14.0 Å². The van der Waals surface area contributed by atoms with Gasteiger partial charge in [-0.25, -0.2) is 9.78 Å². The molecule has 1 amide bonds. The van der Waals surface area contributed by atoms with Gasteiger partial charge in [0.05, 0.1) is 22.6 Å². The van der Waals surface area contributed by atoms with Gasteiger partial charge in [-0.15, -0.1) is 0 Å². The topological polar surface area (TPSA) is 64.1 Å². The third-order valence-electron chi connectivity index (χ3n) is 6.20. The first kappa shape index (κ1) is 22.6. The normalized spacial score (nSPS) is 19.7. The molecule has 0 atom stereocenters. The Hall–Kier alpha value is -2.58. The predicted octanol–water partition coefficient (Wildman–Crippen LogP) is 4.27. The molecule has 0 unspecified atom stereocenters. The number of ether oxygens (including phenoxy) is 1. The van der Waals surface area contributed by atoms with Crippen molar-refractivity contribution < 1.29 is 18.8 Å². The molecule has 170 valence electrons. The van der Waals surface area contributed by atoms with Crippen molar-refractivity contribution in [2.24, 2.45) is 0 Å². The molecule has 7 nitrogen and oxygen atoms in total. The number of hydrogen-bond donors (Lipinski definition) is 0. The number of benzene rings is 1. The molecule has 1 aromatic heterocycles. The fraction of sp³-hybridized carbons (Fsp3) is 0.500. The lowest BCUT2D eigenvalue weighted by molar-refractivity contribution is 0.00578. The number of anilines is 3. The summed E-state index contributed by atoms with van der Waals surface area (Å²) >= 11 is 0. The van der Waals surface area contributed by atoms with Gasteiger partial charge in [0.1, 0.15) is 11.4 Å². The highest BCUT2D eigenvalue weighted by molar-refractivity contribution is 6.62. The minimum Gasteiger partial charge on any atom is -0.443 e. The highest BCUT2D eigenvalue weighted by Gasteiger charge is 2.51. The summed E-state index contributed by atoms with van der Waals surface area (Å²) in [5.74, 6) is 0.807. The van der Waals surface area contributed by atoms with Gasteiger partial charge in [0.25, 0.3) is 0 Å². The highest BCUT2D eigenvalue weighted by atomic mass is 16.7. The van der Waals surface area contributed by atoms with Crippen molar-refractivity contribution >= 4 is 35.9 Å². The third-order valence-corrected chi connectivity index (χ3v) is 6.20. The van der Waals surface area contributed by atoms with Crippen molar-refractivity contribution in [3.8, 4) is 0 Å². The van der Waals surface area contributed by atoms with E-state index in [1.54, 1.807) is 11.1 Å². The molecule has 0 N–H and O–H groups in total. The number of nitrogens with zero attached hydrogens (tertiary/aromatic N) is 3. The molecule has 2 aliphatic heterocycles. The van der Waals surface area contributed by atoms with Crippen LogP contribution >= 0.6 is 0 Å². The standard InChI is InChI=1S/C24H32BN3O4/c1-22(2,3)30-21(29)28-15-14-27(18-10-8-9-11-19(18)28)20-13-12-17(16-26-20)25-31-23(4,5)24(6,7)32-25/h8-13,16H,14-15H2,1-7H3. The van der Waals surface area contributed by atoms with E-state index in [-0.39, 0.29) is 6.09 Å². The van der Waals surface area contributed by atoms with E-state index < -0.39 is 23.9 Å². The molecule has 0 aliphatic carbocycles. The molecule has 32 heavy (non-hydrogen) atoms. The Morgan fingerprint density at radius 3 is 2.19 bits per heavy atom. The minimum atomic E-state index is -0.548. The molecule has 2 aliphatic rings. The number of carbonyl (C=O) groups is 1. The fourth-order valence-electron chi connectivity index (χ4n) is 3.78. The first-order valence-corrected chi connectivity index (χ1v) is 11.1. The maximum atomic E-state index is 12.8. The zero-order chi connectivity index (χ0) is 23.3. The summed E-state index contributed by atoms with van der Waals surface area (Å²) in [5, 5.41) is 0. The Balaban J connectivity index is 1.57. The molecule has 1 fully saturated rings. The highest BCUT2D eigenvalue weighted by Crippen LogP contribution is 2.38. The van der Waals surface area contributed by atoms with E-state index in [1.165, 1.54) is 0 Å². The van der Waals surface area contributed by atoms with E-state index in [1.807, 2.05) is 84.9 Å². The van der Waals surface area contributed by atoms with E-state index in [0.29, 0.717) is 13.1 Å². The molecule has 1 aromatic carbocycles. The van der Waals surface area contributed by atoms with Gasteiger partial charge in [-0.05, 0) is 66.7 Å². The molecular weight excluding hydrogens is 405 g/mol. The number of aromatic nitrogens is 1. The summed E-state index contributed by atoms with van der Waals surface area (Å²) in [6, 6.07) is 11.8. The second-order valence-electron chi connectivity index (χ2n) is 10.3. The monoisotopic (exact) mass is 437 g/mol. The van der Waals surface area contributed by atoms with Gasteiger partial charge >= 0.3 is 13.2 Å². The van der Waals surface area contributed by atoms with Gasteiger partial charge in [0, 0.05) is 24.7 Å². The van der Waals surface area contributed by atoms with Crippen LogP contribution in [0, 0.1) is 0 Å². The van der Waals surface area contributed by atoms with E-state index in [0.717, 1.165) is 22.7 Å². The van der Waals surface area contributed by atoms with E-state index >= 15 is 0 Å². The Morgan fingerprint density at radius 1 is 1.00 bits per heavy atom. The third kappa shape index (κ3) is 4.21. The molecule has 0 saturated carbocycles. The number of fused-ring (bicyclic) bond motifs is 1. The van der Waals surface area contributed by atoms with Gasteiger partial charge in [-0.2, -0.15) is 0 Å². The lowest BCUT2D eigenvalue weighted by Crippen LogP contribution is -2.45. The molecule has 0 spiro atoms. The first-order valence-electron chi connectivity index (χ1n) is 11.1. The molecule has 0 radical (unpaired) electrons. The van der Waals surface area contributed by atoms with E-state index in [9.17, 15) is 4.79 Å². The number of hydrogen-bond acceptors (Lipinski definition) is 6. The minimum absolute atomic E-state index is 0.339. The SMILES string of the molecule is CC(C)(C)OC(=O)N1CCN(c2ccc(B3OC(C)(C)C(C)(C)O3)cn2)c2ccccc21. The maximum Gasteiger partial charge on any atom is 0.496 e. The Kier molecular flexibility index (Phi) is 5.50. The van der Waals surface area contributed by atoms with Crippen LogP contribution in [0.15, 0.2) is 42.6 Å². The zero-order valence-corrected chi connectivity index (χ0v) is 20.0. The zero-order valence-electron chi connectivity index (χ0n) is 20.0. The molecule has 1 saturated heterocycles. The molecule has 3 heterocycles. The second-order valence-corrected chi connectivity index (χ2v) is 10.3. The Bertz CT molecular complexity index is 985. The van der Waals surface area contributed by atoms with Crippen LogP contribution in [0.5, 0.6) is 0 Å². The second kappa shape index (κ2) is 7.78. The smallest absolute Gasteiger partial charge is 0.443 e. The van der Waals surface area contributed by atoms with Gasteiger partial charge < -0.3 is 18.9 Å². The van der Waals surface area contributed by atoms with Gasteiger partial charge in [-0.1, -0.05) is 18.2 Å². The van der Waals surface area contributed by atoms with Crippen molar-refractivity contribution in [3.63, 3.8) is 0 Å². The number of carbonyl (C=O) groups excluding carboxylic acids is 1. The number of amides is 1. The summed E-state index contributed by atoms with van der Waals surface area (Å²) in [4.78, 5) is 21.3. The first-order chi connectivity index (χ1) is 14.9. The largest absolute Gasteiger partial charge is 0.496 e. The molecule has 8 heteroatoms. The van der Waals surface area contributed by atoms with Crippen LogP contribution in [0.1, 0.15) is 48.5 Å².